The van der Waals surface area contributed by atoms with E-state index in [1.807, 2.05) is 25.1 Å². The Kier molecular flexibility index (Phi) is 7.65. The predicted molar refractivity (Wildman–Crippen MR) is 90.1 cm³/mol. The average molecular weight is 443 g/mol. The lowest BCUT2D eigenvalue weighted by molar-refractivity contribution is -0.598. The molecule has 2 aromatic carbocycles. The molecule has 5 heteroatoms. The van der Waals surface area contributed by atoms with Gasteiger partial charge in [-0.1, -0.05) is 0 Å². The van der Waals surface area contributed by atoms with Gasteiger partial charge in [0.05, 0.1) is 20.8 Å². The lowest BCUT2D eigenvalue weighted by atomic mass is 10.2. The number of halogens is 1. The number of benzene rings is 2. The van der Waals surface area contributed by atoms with Gasteiger partial charge in [0, 0.05) is 18.2 Å². The minimum Gasteiger partial charge on any atom is -0.497 e. The van der Waals surface area contributed by atoms with Crippen LogP contribution in [0.2, 0.25) is 0 Å². The molecule has 0 atom stereocenters. The first kappa shape index (κ1) is 18.9. The van der Waals surface area contributed by atoms with E-state index < -0.39 is 0 Å². The smallest absolute Gasteiger partial charge is 0.362 e. The summed E-state index contributed by atoms with van der Waals surface area (Å²) < 4.78 is 24.4. The number of methoxy groups -OCH3 is 2. The zero-order valence-corrected chi connectivity index (χ0v) is 16.8. The maximum Gasteiger partial charge on any atom is 0.362 e. The molecule has 0 unspecified atom stereocenters. The lowest BCUT2D eigenvalue weighted by Crippen LogP contribution is -3.61. The fraction of sp³-hybridized carbons (Fsp3) is 0.368. The highest BCUT2D eigenvalue weighted by Crippen LogP contribution is 2.22. The van der Waals surface area contributed by atoms with Crippen LogP contribution in [0.5, 0.6) is 17.2 Å². The number of ether oxygens (including phenoxy) is 4. The van der Waals surface area contributed by atoms with Crippen LogP contribution in [0.15, 0.2) is 36.4 Å². The van der Waals surface area contributed by atoms with Crippen molar-refractivity contribution in [3.05, 3.63) is 49.1 Å². The van der Waals surface area contributed by atoms with Crippen molar-refractivity contribution in [2.45, 2.75) is 13.8 Å². The van der Waals surface area contributed by atoms with Crippen LogP contribution in [0.3, 0.4) is 0 Å². The van der Waals surface area contributed by atoms with E-state index in [-0.39, 0.29) is 21.2 Å². The fourth-order valence-electron chi connectivity index (χ4n) is 2.16. The topological polar surface area (TPSA) is 36.9 Å². The van der Waals surface area contributed by atoms with Crippen molar-refractivity contribution < 1.29 is 40.2 Å². The predicted octanol–water partition coefficient (Wildman–Crippen LogP) is 0.556. The molecule has 0 amide bonds. The van der Waals surface area contributed by atoms with Crippen LogP contribution < -0.4 is 35.4 Å². The van der Waals surface area contributed by atoms with Gasteiger partial charge in [-0.3, -0.25) is 0 Å². The Morgan fingerprint density at radius 3 is 2.29 bits per heavy atom. The quantitative estimate of drug-likeness (QED) is 0.420. The van der Waals surface area contributed by atoms with Gasteiger partial charge >= 0.3 is 21.2 Å². The highest BCUT2D eigenvalue weighted by atomic mass is 127. The zero-order valence-electron chi connectivity index (χ0n) is 14.6. The van der Waals surface area contributed by atoms with Crippen molar-refractivity contribution in [1.82, 2.24) is 0 Å². The molecule has 0 radical (unpaired) electrons. The van der Waals surface area contributed by atoms with Gasteiger partial charge in [-0.2, -0.15) is 0 Å². The molecule has 0 aromatic heterocycles. The summed E-state index contributed by atoms with van der Waals surface area (Å²) in [5.41, 5.74) is 1.20. The van der Waals surface area contributed by atoms with Gasteiger partial charge in [0.1, 0.15) is 18.1 Å². The Labute approximate surface area is 154 Å². The molecule has 0 fully saturated rings. The molecular formula is C19H24IO4+. The molecule has 0 saturated heterocycles. The fourth-order valence-corrected chi connectivity index (χ4v) is 4.72. The highest BCUT2D eigenvalue weighted by Gasteiger charge is 2.25. The van der Waals surface area contributed by atoms with Crippen LogP contribution in [0.25, 0.3) is 0 Å². The molecular weight excluding hydrogens is 419 g/mol. The van der Waals surface area contributed by atoms with Crippen molar-refractivity contribution in [1.29, 1.82) is 0 Å². The highest BCUT2D eigenvalue weighted by molar-refractivity contribution is 5.37. The van der Waals surface area contributed by atoms with Gasteiger partial charge in [-0.05, 0) is 44.2 Å². The first-order valence-electron chi connectivity index (χ1n) is 7.86. The van der Waals surface area contributed by atoms with Crippen molar-refractivity contribution in [2.24, 2.45) is 0 Å². The number of hydrogen-bond donors (Lipinski definition) is 0. The Morgan fingerprint density at radius 2 is 1.67 bits per heavy atom. The molecule has 0 aliphatic rings. The van der Waals surface area contributed by atoms with Crippen LogP contribution in [0.1, 0.15) is 12.5 Å². The SMILES string of the molecule is CCOCCOc1ccc([I+]c2c(C)cc(OC)cc2OC)cc1. The maximum absolute atomic E-state index is 5.66. The van der Waals surface area contributed by atoms with E-state index in [1.54, 1.807) is 14.2 Å². The van der Waals surface area contributed by atoms with Crippen molar-refractivity contribution in [3.8, 4) is 17.2 Å². The molecule has 0 spiro atoms. The third kappa shape index (κ3) is 5.27. The number of aryl methyl sites for hydroxylation is 1. The van der Waals surface area contributed by atoms with Crippen LogP contribution in [-0.2, 0) is 4.74 Å². The van der Waals surface area contributed by atoms with Gasteiger partial charge in [0.15, 0.2) is 9.32 Å². The molecule has 2 rings (SSSR count). The van der Waals surface area contributed by atoms with Crippen LogP contribution in [0, 0.1) is 14.1 Å². The van der Waals surface area contributed by atoms with E-state index >= 15 is 0 Å². The normalized spacial score (nSPS) is 10.5. The Balaban J connectivity index is 2.06. The second-order valence-electron chi connectivity index (χ2n) is 5.05. The molecule has 2 aromatic rings. The molecule has 24 heavy (non-hydrogen) atoms. The minimum absolute atomic E-state index is 0.332. The summed E-state index contributed by atoms with van der Waals surface area (Å²) in [4.78, 5) is 0. The van der Waals surface area contributed by atoms with Crippen molar-refractivity contribution >= 4 is 0 Å². The molecule has 0 heterocycles. The molecule has 0 N–H and O–H groups in total. The van der Waals surface area contributed by atoms with E-state index in [9.17, 15) is 0 Å². The molecule has 0 saturated carbocycles. The van der Waals surface area contributed by atoms with E-state index in [1.165, 1.54) is 12.7 Å². The van der Waals surface area contributed by atoms with E-state index in [0.29, 0.717) is 13.2 Å². The second kappa shape index (κ2) is 9.74. The monoisotopic (exact) mass is 443 g/mol. The van der Waals surface area contributed by atoms with Crippen LogP contribution in [-0.4, -0.2) is 34.0 Å². The van der Waals surface area contributed by atoms with E-state index in [4.69, 9.17) is 18.9 Å². The van der Waals surface area contributed by atoms with E-state index in [0.717, 1.165) is 23.9 Å². The van der Waals surface area contributed by atoms with Crippen LogP contribution >= 0.6 is 0 Å². The van der Waals surface area contributed by atoms with Gasteiger partial charge < -0.3 is 18.9 Å². The third-order valence-electron chi connectivity index (χ3n) is 3.37. The summed E-state index contributed by atoms with van der Waals surface area (Å²) in [5, 5.41) is 0. The first-order valence-corrected chi connectivity index (χ1v) is 10.0. The Bertz CT molecular complexity index is 641. The number of rotatable bonds is 9. The minimum atomic E-state index is -0.332. The summed E-state index contributed by atoms with van der Waals surface area (Å²) in [7, 11) is 3.38. The van der Waals surface area contributed by atoms with Crippen molar-refractivity contribution in [3.63, 3.8) is 0 Å². The van der Waals surface area contributed by atoms with Crippen molar-refractivity contribution in [2.75, 3.05) is 34.0 Å². The lowest BCUT2D eigenvalue weighted by Gasteiger charge is -2.07. The second-order valence-corrected chi connectivity index (χ2v) is 7.92. The standard InChI is InChI=1S/C19H24IO4/c1-5-23-10-11-24-16-8-6-15(7-9-16)20-19-14(2)12-17(21-3)13-18(19)22-4/h6-9,12-13H,5,10-11H2,1-4H3/q+1. The van der Waals surface area contributed by atoms with Gasteiger partial charge in [0.2, 0.25) is 3.57 Å². The van der Waals surface area contributed by atoms with Gasteiger partial charge in [-0.15, -0.1) is 0 Å². The largest absolute Gasteiger partial charge is 0.497 e. The summed E-state index contributed by atoms with van der Waals surface area (Å²) in [6.07, 6.45) is 0. The molecule has 0 aliphatic carbocycles. The van der Waals surface area contributed by atoms with Crippen LogP contribution in [0.4, 0.5) is 0 Å². The average Bonchev–Trinajstić information content (AvgIpc) is 2.61. The maximum atomic E-state index is 5.66. The Hall–Kier alpha value is -1.47. The molecule has 0 aliphatic heterocycles. The third-order valence-corrected chi connectivity index (χ3v) is 6.63. The zero-order chi connectivity index (χ0) is 17.4. The summed E-state index contributed by atoms with van der Waals surface area (Å²) >= 11 is -0.332. The molecule has 4 nitrogen and oxygen atoms in total. The number of hydrogen-bond acceptors (Lipinski definition) is 4. The van der Waals surface area contributed by atoms with Gasteiger partial charge in [-0.25, -0.2) is 0 Å². The first-order chi connectivity index (χ1) is 11.7. The summed E-state index contributed by atoms with van der Waals surface area (Å²) in [5.74, 6) is 2.60. The molecule has 130 valence electrons. The summed E-state index contributed by atoms with van der Waals surface area (Å²) in [6.45, 7) is 6.00. The Morgan fingerprint density at radius 1 is 0.917 bits per heavy atom. The van der Waals surface area contributed by atoms with Gasteiger partial charge in [0.25, 0.3) is 0 Å². The summed E-state index contributed by atoms with van der Waals surface area (Å²) in [6, 6.07) is 12.3. The van der Waals surface area contributed by atoms with E-state index in [2.05, 4.69) is 25.1 Å². The molecule has 0 bridgehead atoms.